The fraction of sp³-hybridized carbons (Fsp3) is 0.222. The zero-order valence-corrected chi connectivity index (χ0v) is 12.3. The molecule has 21 heavy (non-hydrogen) atoms. The second-order valence-corrected chi connectivity index (χ2v) is 4.60. The van der Waals surface area contributed by atoms with Crippen LogP contribution in [0.5, 0.6) is 0 Å². The quantitative estimate of drug-likeness (QED) is 0.873. The Morgan fingerprint density at radius 3 is 1.81 bits per heavy atom. The molecule has 0 fully saturated rings. The number of rotatable bonds is 4. The molecule has 0 aromatic heterocycles. The second kappa shape index (κ2) is 8.82. The Morgan fingerprint density at radius 2 is 1.38 bits per heavy atom. The lowest BCUT2D eigenvalue weighted by atomic mass is 10.0. The van der Waals surface area contributed by atoms with Gasteiger partial charge >= 0.3 is 0 Å². The first-order chi connectivity index (χ1) is 10.1. The molecule has 0 spiro atoms. The molecule has 0 aliphatic rings. The summed E-state index contributed by atoms with van der Waals surface area (Å²) in [5.41, 5.74) is 1.15. The maximum Gasteiger partial charge on any atom is 0.195 e. The molecule has 0 bridgehead atoms. The molecule has 0 heterocycles. The maximum atomic E-state index is 11.9. The average molecular weight is 284 g/mol. The van der Waals surface area contributed by atoms with E-state index in [-0.39, 0.29) is 11.6 Å². The van der Waals surface area contributed by atoms with Crippen LogP contribution < -0.4 is 0 Å². The van der Waals surface area contributed by atoms with E-state index in [2.05, 4.69) is 0 Å². The molecule has 0 saturated heterocycles. The standard InChI is InChI=1S/C14H12O2.C4H8O/c15-13(11-7-3-1-4-8-11)14(16)12-9-5-2-6-10-12;1-3-4(2)5/h1-10,13,15H;3H2,1-2H3. The van der Waals surface area contributed by atoms with Gasteiger partial charge in [0, 0.05) is 12.0 Å². The predicted molar refractivity (Wildman–Crippen MR) is 83.1 cm³/mol. The van der Waals surface area contributed by atoms with E-state index in [1.807, 2.05) is 19.1 Å². The summed E-state index contributed by atoms with van der Waals surface area (Å²) in [5.74, 6) is -0.0169. The molecular weight excluding hydrogens is 264 g/mol. The molecule has 2 aromatic carbocycles. The molecule has 1 unspecified atom stereocenters. The second-order valence-electron chi connectivity index (χ2n) is 4.60. The first-order valence-electron chi connectivity index (χ1n) is 6.88. The highest BCUT2D eigenvalue weighted by Crippen LogP contribution is 2.17. The minimum absolute atomic E-state index is 0.255. The monoisotopic (exact) mass is 284 g/mol. The van der Waals surface area contributed by atoms with E-state index in [9.17, 15) is 14.7 Å². The van der Waals surface area contributed by atoms with Gasteiger partial charge in [-0.2, -0.15) is 0 Å². The van der Waals surface area contributed by atoms with Crippen LogP contribution in [0.1, 0.15) is 42.3 Å². The molecule has 0 saturated carbocycles. The lowest BCUT2D eigenvalue weighted by molar-refractivity contribution is -0.116. The fourth-order valence-corrected chi connectivity index (χ4v) is 1.55. The molecule has 3 nitrogen and oxygen atoms in total. The van der Waals surface area contributed by atoms with Crippen LogP contribution in [0.15, 0.2) is 60.7 Å². The number of carbonyl (C=O) groups is 2. The van der Waals surface area contributed by atoms with E-state index in [4.69, 9.17) is 0 Å². The van der Waals surface area contributed by atoms with Crippen LogP contribution in [-0.4, -0.2) is 16.7 Å². The maximum absolute atomic E-state index is 11.9. The molecule has 0 radical (unpaired) electrons. The van der Waals surface area contributed by atoms with Gasteiger partial charge in [-0.25, -0.2) is 0 Å². The molecular formula is C18H20O3. The van der Waals surface area contributed by atoms with E-state index >= 15 is 0 Å². The van der Waals surface area contributed by atoms with Crippen LogP contribution >= 0.6 is 0 Å². The topological polar surface area (TPSA) is 54.4 Å². The highest BCUT2D eigenvalue weighted by atomic mass is 16.3. The molecule has 1 atom stereocenters. The van der Waals surface area contributed by atoms with Crippen LogP contribution in [0.2, 0.25) is 0 Å². The number of benzene rings is 2. The molecule has 0 amide bonds. The van der Waals surface area contributed by atoms with Crippen LogP contribution in [0.25, 0.3) is 0 Å². The number of carbonyl (C=O) groups excluding carboxylic acids is 2. The normalized spacial score (nSPS) is 11.0. The Labute approximate surface area is 125 Å². The molecule has 0 aliphatic carbocycles. The molecule has 2 aromatic rings. The number of aliphatic hydroxyl groups is 1. The SMILES string of the molecule is CCC(C)=O.O=C(c1ccccc1)C(O)c1ccccc1. The zero-order chi connectivity index (χ0) is 15.7. The Kier molecular flexibility index (Phi) is 7.05. The van der Waals surface area contributed by atoms with E-state index < -0.39 is 6.10 Å². The van der Waals surface area contributed by atoms with Gasteiger partial charge in [-0.15, -0.1) is 0 Å². The number of hydrogen-bond donors (Lipinski definition) is 1. The number of hydrogen-bond acceptors (Lipinski definition) is 3. The molecule has 1 N–H and O–H groups in total. The van der Waals surface area contributed by atoms with Crippen molar-refractivity contribution in [3.8, 4) is 0 Å². The number of Topliss-reactive ketones (excluding diaryl/α,β-unsaturated/α-hetero) is 2. The van der Waals surface area contributed by atoms with Crippen molar-refractivity contribution in [1.82, 2.24) is 0 Å². The lowest BCUT2D eigenvalue weighted by Gasteiger charge is -2.09. The van der Waals surface area contributed by atoms with Crippen molar-refractivity contribution in [1.29, 1.82) is 0 Å². The Bertz CT molecular complexity index is 562. The minimum atomic E-state index is -1.08. The van der Waals surface area contributed by atoms with Gasteiger partial charge in [0.2, 0.25) is 0 Å². The molecule has 2 rings (SSSR count). The van der Waals surface area contributed by atoms with Crippen molar-refractivity contribution in [2.45, 2.75) is 26.4 Å². The van der Waals surface area contributed by atoms with Gasteiger partial charge in [0.1, 0.15) is 11.9 Å². The van der Waals surface area contributed by atoms with Crippen molar-refractivity contribution in [3.05, 3.63) is 71.8 Å². The summed E-state index contributed by atoms with van der Waals surface area (Å²) in [4.78, 5) is 21.7. The van der Waals surface area contributed by atoms with E-state index in [1.165, 1.54) is 0 Å². The zero-order valence-electron chi connectivity index (χ0n) is 12.3. The molecule has 110 valence electrons. The van der Waals surface area contributed by atoms with Gasteiger partial charge in [0.05, 0.1) is 0 Å². The van der Waals surface area contributed by atoms with Crippen molar-refractivity contribution in [2.24, 2.45) is 0 Å². The summed E-state index contributed by atoms with van der Waals surface area (Å²) in [7, 11) is 0. The third-order valence-corrected chi connectivity index (χ3v) is 2.92. The molecule has 3 heteroatoms. The third-order valence-electron chi connectivity index (χ3n) is 2.92. The van der Waals surface area contributed by atoms with Gasteiger partial charge in [0.25, 0.3) is 0 Å². The fourth-order valence-electron chi connectivity index (χ4n) is 1.55. The van der Waals surface area contributed by atoms with Crippen molar-refractivity contribution < 1.29 is 14.7 Å². The largest absolute Gasteiger partial charge is 0.380 e. The highest BCUT2D eigenvalue weighted by molar-refractivity contribution is 5.99. The first-order valence-corrected chi connectivity index (χ1v) is 6.88. The van der Waals surface area contributed by atoms with Crippen molar-refractivity contribution in [3.63, 3.8) is 0 Å². The van der Waals surface area contributed by atoms with Crippen LogP contribution in [0.4, 0.5) is 0 Å². The number of aliphatic hydroxyl groups excluding tert-OH is 1. The average Bonchev–Trinajstić information content (AvgIpc) is 2.55. The van der Waals surface area contributed by atoms with Crippen LogP contribution in [0, 0.1) is 0 Å². The van der Waals surface area contributed by atoms with Crippen LogP contribution in [0.3, 0.4) is 0 Å². The summed E-state index contributed by atoms with van der Waals surface area (Å²) < 4.78 is 0. The Balaban J connectivity index is 0.000000383. The van der Waals surface area contributed by atoms with Gasteiger partial charge < -0.3 is 9.90 Å². The summed E-state index contributed by atoms with van der Waals surface area (Å²) in [6.07, 6.45) is -0.413. The highest BCUT2D eigenvalue weighted by Gasteiger charge is 2.18. The van der Waals surface area contributed by atoms with Gasteiger partial charge in [0.15, 0.2) is 5.78 Å². The van der Waals surface area contributed by atoms with Crippen LogP contribution in [-0.2, 0) is 4.79 Å². The summed E-state index contributed by atoms with van der Waals surface area (Å²) >= 11 is 0. The molecule has 0 aliphatic heterocycles. The predicted octanol–water partition coefficient (Wildman–Crippen LogP) is 3.59. The van der Waals surface area contributed by atoms with E-state index in [1.54, 1.807) is 55.5 Å². The Hall–Kier alpha value is -2.26. The lowest BCUT2D eigenvalue weighted by Crippen LogP contribution is -2.11. The number of ketones is 2. The minimum Gasteiger partial charge on any atom is -0.380 e. The van der Waals surface area contributed by atoms with Gasteiger partial charge in [-0.05, 0) is 12.5 Å². The Morgan fingerprint density at radius 1 is 0.952 bits per heavy atom. The smallest absolute Gasteiger partial charge is 0.195 e. The van der Waals surface area contributed by atoms with E-state index in [0.29, 0.717) is 17.5 Å². The summed E-state index contributed by atoms with van der Waals surface area (Å²) in [6.45, 7) is 3.43. The van der Waals surface area contributed by atoms with Gasteiger partial charge in [-0.1, -0.05) is 67.6 Å². The van der Waals surface area contributed by atoms with Crippen molar-refractivity contribution >= 4 is 11.6 Å². The van der Waals surface area contributed by atoms with Crippen molar-refractivity contribution in [2.75, 3.05) is 0 Å². The van der Waals surface area contributed by atoms with Gasteiger partial charge in [-0.3, -0.25) is 4.79 Å². The first kappa shape index (κ1) is 16.8. The summed E-state index contributed by atoms with van der Waals surface area (Å²) in [5, 5.41) is 9.89. The van der Waals surface area contributed by atoms with E-state index in [0.717, 1.165) is 0 Å². The third kappa shape index (κ3) is 5.71. The summed E-state index contributed by atoms with van der Waals surface area (Å²) in [6, 6.07) is 17.7.